The largest absolute Gasteiger partial charge is 0.467 e. The fraction of sp³-hybridized carbons (Fsp3) is 0.273. The van der Waals surface area contributed by atoms with Gasteiger partial charge in [0.25, 0.3) is 0 Å². The molecule has 0 aliphatic heterocycles. The molecule has 8 nitrogen and oxygen atoms in total. The van der Waals surface area contributed by atoms with E-state index in [4.69, 9.17) is 5.14 Å². The summed E-state index contributed by atoms with van der Waals surface area (Å²) in [6.07, 6.45) is 0. The molecule has 0 saturated carbocycles. The van der Waals surface area contributed by atoms with Gasteiger partial charge in [-0.2, -0.15) is 0 Å². The highest BCUT2D eigenvalue weighted by Crippen LogP contribution is 2.14. The maximum absolute atomic E-state index is 11.4. The molecule has 0 heterocycles. The fourth-order valence-corrected chi connectivity index (χ4v) is 1.87. The zero-order valence-electron chi connectivity index (χ0n) is 10.8. The zero-order chi connectivity index (χ0) is 15.3. The van der Waals surface area contributed by atoms with E-state index in [0.717, 1.165) is 14.2 Å². The summed E-state index contributed by atoms with van der Waals surface area (Å²) in [6, 6.07) is 3.86. The average Bonchev–Trinajstić information content (AvgIpc) is 2.42. The fourth-order valence-electron chi connectivity index (χ4n) is 1.36. The van der Waals surface area contributed by atoms with Crippen molar-refractivity contribution in [2.75, 3.05) is 19.5 Å². The number of hydrogen-bond donors (Lipinski definition) is 2. The van der Waals surface area contributed by atoms with Gasteiger partial charge in [-0.25, -0.2) is 23.1 Å². The van der Waals surface area contributed by atoms with E-state index in [1.165, 1.54) is 24.3 Å². The lowest BCUT2D eigenvalue weighted by atomic mass is 10.2. The van der Waals surface area contributed by atoms with E-state index < -0.39 is 28.0 Å². The third kappa shape index (κ3) is 3.93. The number of sulfonamides is 1. The Bertz CT molecular complexity index is 580. The summed E-state index contributed by atoms with van der Waals surface area (Å²) in [4.78, 5) is 22.8. The first-order valence-corrected chi connectivity index (χ1v) is 6.89. The van der Waals surface area contributed by atoms with E-state index >= 15 is 0 Å². The van der Waals surface area contributed by atoms with Crippen LogP contribution in [0.2, 0.25) is 0 Å². The molecule has 110 valence electrons. The Balaban J connectivity index is 2.95. The van der Waals surface area contributed by atoms with Gasteiger partial charge in [0.15, 0.2) is 0 Å². The van der Waals surface area contributed by atoms with E-state index in [1.54, 1.807) is 0 Å². The molecule has 0 atom stereocenters. The molecule has 0 amide bonds. The van der Waals surface area contributed by atoms with Crippen LogP contribution in [0.15, 0.2) is 29.2 Å². The standard InChI is InChI=1S/C11H14N2O6S/c1-18-10(14)9(11(15)19-2)13-7-3-5-8(6-4-7)20(12,16)17/h3-6,9,13H,1-2H3,(H2,12,16,17). The third-order valence-electron chi connectivity index (χ3n) is 2.37. The summed E-state index contributed by atoms with van der Waals surface area (Å²) in [5.41, 5.74) is 0.332. The first-order chi connectivity index (χ1) is 9.29. The van der Waals surface area contributed by atoms with Gasteiger partial charge in [-0.3, -0.25) is 0 Å². The maximum atomic E-state index is 11.4. The van der Waals surface area contributed by atoms with Gasteiger partial charge >= 0.3 is 11.9 Å². The van der Waals surface area contributed by atoms with Crippen LogP contribution in [0.4, 0.5) is 5.69 Å². The van der Waals surface area contributed by atoms with Crippen molar-refractivity contribution in [2.24, 2.45) is 5.14 Å². The number of anilines is 1. The number of ether oxygens (including phenoxy) is 2. The van der Waals surface area contributed by atoms with Gasteiger partial charge in [-0.15, -0.1) is 0 Å². The first kappa shape index (κ1) is 15.9. The Morgan fingerprint density at radius 1 is 1.10 bits per heavy atom. The van der Waals surface area contributed by atoms with Gasteiger partial charge in [-0.1, -0.05) is 0 Å². The summed E-state index contributed by atoms with van der Waals surface area (Å²) in [7, 11) is -1.54. The summed E-state index contributed by atoms with van der Waals surface area (Å²) >= 11 is 0. The van der Waals surface area contributed by atoms with E-state index in [-0.39, 0.29) is 4.90 Å². The monoisotopic (exact) mass is 302 g/mol. The number of benzene rings is 1. The average molecular weight is 302 g/mol. The highest BCUT2D eigenvalue weighted by Gasteiger charge is 2.28. The molecule has 0 bridgehead atoms. The molecule has 0 aliphatic carbocycles. The lowest BCUT2D eigenvalue weighted by molar-refractivity contribution is -0.152. The molecule has 0 aliphatic rings. The molecule has 9 heteroatoms. The van der Waals surface area contributed by atoms with Gasteiger partial charge in [0.2, 0.25) is 16.1 Å². The van der Waals surface area contributed by atoms with Crippen LogP contribution in [0.25, 0.3) is 0 Å². The molecular formula is C11H14N2O6S. The second-order valence-electron chi connectivity index (χ2n) is 3.69. The van der Waals surface area contributed by atoms with Crippen molar-refractivity contribution in [2.45, 2.75) is 10.9 Å². The van der Waals surface area contributed by atoms with Crippen LogP contribution in [-0.4, -0.2) is 40.6 Å². The summed E-state index contributed by atoms with van der Waals surface area (Å²) in [5, 5.41) is 7.53. The second kappa shape index (κ2) is 6.35. The highest BCUT2D eigenvalue weighted by atomic mass is 32.2. The Kier molecular flexibility index (Phi) is 5.06. The molecule has 1 rings (SSSR count). The quantitative estimate of drug-likeness (QED) is 0.552. The Morgan fingerprint density at radius 3 is 1.90 bits per heavy atom. The van der Waals surface area contributed by atoms with Crippen molar-refractivity contribution in [3.63, 3.8) is 0 Å². The predicted octanol–water partition coefficient (Wildman–Crippen LogP) is -0.539. The van der Waals surface area contributed by atoms with Crippen LogP contribution in [0, 0.1) is 0 Å². The number of esters is 2. The molecule has 3 N–H and O–H groups in total. The number of carbonyl (C=O) groups is 2. The molecular weight excluding hydrogens is 288 g/mol. The van der Waals surface area contributed by atoms with Crippen molar-refractivity contribution in [3.8, 4) is 0 Å². The van der Waals surface area contributed by atoms with E-state index in [9.17, 15) is 18.0 Å². The first-order valence-electron chi connectivity index (χ1n) is 5.34. The predicted molar refractivity (Wildman–Crippen MR) is 69.3 cm³/mol. The maximum Gasteiger partial charge on any atom is 0.340 e. The van der Waals surface area contributed by atoms with Gasteiger partial charge in [-0.05, 0) is 24.3 Å². The molecule has 20 heavy (non-hydrogen) atoms. The molecule has 0 unspecified atom stereocenters. The normalized spacial score (nSPS) is 11.0. The van der Waals surface area contributed by atoms with Crippen LogP contribution in [0.1, 0.15) is 0 Å². The number of methoxy groups -OCH3 is 2. The summed E-state index contributed by atoms with van der Waals surface area (Å²) in [5.74, 6) is -1.65. The summed E-state index contributed by atoms with van der Waals surface area (Å²) < 4.78 is 31.1. The lowest BCUT2D eigenvalue weighted by Gasteiger charge is -2.15. The van der Waals surface area contributed by atoms with Gasteiger partial charge in [0.05, 0.1) is 19.1 Å². The van der Waals surface area contributed by atoms with Crippen molar-refractivity contribution >= 4 is 27.6 Å². The molecule has 0 fully saturated rings. The minimum Gasteiger partial charge on any atom is -0.467 e. The van der Waals surface area contributed by atoms with E-state index in [1.807, 2.05) is 0 Å². The summed E-state index contributed by atoms with van der Waals surface area (Å²) in [6.45, 7) is 0. The Labute approximate surface area is 115 Å². The smallest absolute Gasteiger partial charge is 0.340 e. The number of nitrogens with two attached hydrogens (primary N) is 1. The van der Waals surface area contributed by atoms with Crippen LogP contribution in [0.3, 0.4) is 0 Å². The van der Waals surface area contributed by atoms with Gasteiger partial charge in [0, 0.05) is 5.69 Å². The lowest BCUT2D eigenvalue weighted by Crippen LogP contribution is -2.39. The number of rotatable bonds is 5. The third-order valence-corrected chi connectivity index (χ3v) is 3.30. The molecule has 1 aromatic rings. The SMILES string of the molecule is COC(=O)C(Nc1ccc(S(N)(=O)=O)cc1)C(=O)OC. The number of hydrogen-bond acceptors (Lipinski definition) is 7. The topological polar surface area (TPSA) is 125 Å². The minimum absolute atomic E-state index is 0.0873. The van der Waals surface area contributed by atoms with E-state index in [2.05, 4.69) is 14.8 Å². The minimum atomic E-state index is -3.80. The van der Waals surface area contributed by atoms with Gasteiger partial charge < -0.3 is 14.8 Å². The van der Waals surface area contributed by atoms with Gasteiger partial charge in [0.1, 0.15) is 0 Å². The van der Waals surface area contributed by atoms with Crippen LogP contribution < -0.4 is 10.5 Å². The van der Waals surface area contributed by atoms with Crippen molar-refractivity contribution in [3.05, 3.63) is 24.3 Å². The van der Waals surface area contributed by atoms with E-state index in [0.29, 0.717) is 5.69 Å². The van der Waals surface area contributed by atoms with Crippen LogP contribution in [0.5, 0.6) is 0 Å². The second-order valence-corrected chi connectivity index (χ2v) is 5.25. The Morgan fingerprint density at radius 2 is 1.55 bits per heavy atom. The molecule has 0 radical (unpaired) electrons. The number of carbonyl (C=O) groups excluding carboxylic acids is 2. The molecule has 0 saturated heterocycles. The highest BCUT2D eigenvalue weighted by molar-refractivity contribution is 7.89. The molecule has 0 aromatic heterocycles. The van der Waals surface area contributed by atoms with Crippen LogP contribution in [-0.2, 0) is 29.1 Å². The van der Waals surface area contributed by atoms with Crippen molar-refractivity contribution < 1.29 is 27.5 Å². The number of nitrogens with one attached hydrogen (secondary N) is 1. The van der Waals surface area contributed by atoms with Crippen molar-refractivity contribution in [1.82, 2.24) is 0 Å². The molecule has 0 spiro atoms. The Hall–Kier alpha value is -2.13. The zero-order valence-corrected chi connectivity index (χ0v) is 11.6. The van der Waals surface area contributed by atoms with Crippen LogP contribution >= 0.6 is 0 Å². The molecule has 1 aromatic carbocycles. The number of primary sulfonamides is 1. The van der Waals surface area contributed by atoms with Crippen molar-refractivity contribution in [1.29, 1.82) is 0 Å².